The first-order valence-electron chi connectivity index (χ1n) is 7.52. The van der Waals surface area contributed by atoms with E-state index in [1.165, 1.54) is 12.8 Å². The van der Waals surface area contributed by atoms with Gasteiger partial charge >= 0.3 is 0 Å². The minimum atomic E-state index is -0.0663. The lowest BCUT2D eigenvalue weighted by atomic mass is 10.1. The van der Waals surface area contributed by atoms with Crippen LogP contribution in [0.1, 0.15) is 31.2 Å². The zero-order valence-electron chi connectivity index (χ0n) is 12.6. The first kappa shape index (κ1) is 15.6. The second-order valence-electron chi connectivity index (χ2n) is 5.35. The molecule has 2 rings (SSSR count). The minimum Gasteiger partial charge on any atom is -0.497 e. The normalized spacial score (nSPS) is 15.0. The molecule has 1 aromatic carbocycles. The summed E-state index contributed by atoms with van der Waals surface area (Å²) in [7, 11) is 1.61. The first-order valence-corrected chi connectivity index (χ1v) is 7.52. The molecule has 116 valence electrons. The molecular formula is C16H24N2O3. The van der Waals surface area contributed by atoms with Gasteiger partial charge in [-0.1, -0.05) is 18.9 Å². The van der Waals surface area contributed by atoms with Crippen molar-refractivity contribution in [3.8, 4) is 11.5 Å². The summed E-state index contributed by atoms with van der Waals surface area (Å²) < 4.78 is 10.8. The third-order valence-electron chi connectivity index (χ3n) is 3.77. The molecule has 0 radical (unpaired) electrons. The van der Waals surface area contributed by atoms with Crippen LogP contribution in [0, 0.1) is 0 Å². The number of carbonyl (C=O) groups is 1. The van der Waals surface area contributed by atoms with Crippen LogP contribution in [-0.2, 0) is 11.2 Å². The molecule has 0 bridgehead atoms. The Morgan fingerprint density at radius 1 is 1.38 bits per heavy atom. The number of nitrogens with two attached hydrogens (primary N) is 1. The Balaban J connectivity index is 1.92. The zero-order chi connectivity index (χ0) is 15.1. The van der Waals surface area contributed by atoms with E-state index in [0.29, 0.717) is 30.5 Å². The second-order valence-corrected chi connectivity index (χ2v) is 5.35. The van der Waals surface area contributed by atoms with Crippen LogP contribution in [0.2, 0.25) is 0 Å². The van der Waals surface area contributed by atoms with Crippen molar-refractivity contribution in [3.63, 3.8) is 0 Å². The molecule has 0 spiro atoms. The van der Waals surface area contributed by atoms with Gasteiger partial charge in [-0.25, -0.2) is 0 Å². The molecule has 21 heavy (non-hydrogen) atoms. The average Bonchev–Trinajstić information content (AvgIpc) is 2.99. The fraction of sp³-hybridized carbons (Fsp3) is 0.562. The molecule has 1 aliphatic rings. The number of rotatable bonds is 7. The standard InChI is InChI=1S/C16H24N2O3/c1-20-14-7-6-12(8-9-17)15(10-14)21-11-16(19)18-13-4-2-3-5-13/h6-7,10,13H,2-5,8-9,11,17H2,1H3,(H,18,19). The second kappa shape index (κ2) is 7.88. The van der Waals surface area contributed by atoms with E-state index in [-0.39, 0.29) is 12.5 Å². The Hall–Kier alpha value is -1.75. The molecule has 0 unspecified atom stereocenters. The summed E-state index contributed by atoms with van der Waals surface area (Å²) in [5, 5.41) is 3.01. The number of nitrogens with one attached hydrogen (secondary N) is 1. The van der Waals surface area contributed by atoms with E-state index < -0.39 is 0 Å². The van der Waals surface area contributed by atoms with Gasteiger partial charge in [-0.15, -0.1) is 0 Å². The lowest BCUT2D eigenvalue weighted by Gasteiger charge is -2.15. The highest BCUT2D eigenvalue weighted by Gasteiger charge is 2.17. The monoisotopic (exact) mass is 292 g/mol. The lowest BCUT2D eigenvalue weighted by Crippen LogP contribution is -2.36. The van der Waals surface area contributed by atoms with Crippen molar-refractivity contribution in [2.24, 2.45) is 5.73 Å². The number of hydrogen-bond acceptors (Lipinski definition) is 4. The molecule has 0 aliphatic heterocycles. The van der Waals surface area contributed by atoms with Crippen LogP contribution in [-0.4, -0.2) is 32.2 Å². The maximum atomic E-state index is 11.9. The molecule has 5 nitrogen and oxygen atoms in total. The maximum Gasteiger partial charge on any atom is 0.258 e. The van der Waals surface area contributed by atoms with Crippen LogP contribution in [0.4, 0.5) is 0 Å². The fourth-order valence-corrected chi connectivity index (χ4v) is 2.64. The van der Waals surface area contributed by atoms with E-state index in [1.807, 2.05) is 12.1 Å². The quantitative estimate of drug-likeness (QED) is 0.801. The molecule has 0 atom stereocenters. The SMILES string of the molecule is COc1ccc(CCN)c(OCC(=O)NC2CCCC2)c1. The van der Waals surface area contributed by atoms with E-state index >= 15 is 0 Å². The minimum absolute atomic E-state index is 0.0290. The van der Waals surface area contributed by atoms with E-state index in [2.05, 4.69) is 5.32 Å². The van der Waals surface area contributed by atoms with Crippen LogP contribution < -0.4 is 20.5 Å². The molecule has 5 heteroatoms. The number of methoxy groups -OCH3 is 1. The summed E-state index contributed by atoms with van der Waals surface area (Å²) in [6, 6.07) is 5.91. The van der Waals surface area contributed by atoms with Gasteiger partial charge in [0.05, 0.1) is 7.11 Å². The molecule has 0 aromatic heterocycles. The molecule has 1 amide bonds. The smallest absolute Gasteiger partial charge is 0.258 e. The van der Waals surface area contributed by atoms with Crippen molar-refractivity contribution in [2.45, 2.75) is 38.1 Å². The number of ether oxygens (including phenoxy) is 2. The van der Waals surface area contributed by atoms with Crippen LogP contribution >= 0.6 is 0 Å². The summed E-state index contributed by atoms with van der Waals surface area (Å²) in [5.74, 6) is 1.31. The Labute approximate surface area is 125 Å². The van der Waals surface area contributed by atoms with Crippen molar-refractivity contribution >= 4 is 5.91 Å². The summed E-state index contributed by atoms with van der Waals surface area (Å²) >= 11 is 0. The van der Waals surface area contributed by atoms with Gasteiger partial charge in [-0.3, -0.25) is 4.79 Å². The number of hydrogen-bond donors (Lipinski definition) is 2. The van der Waals surface area contributed by atoms with Crippen LogP contribution in [0.3, 0.4) is 0 Å². The fourth-order valence-electron chi connectivity index (χ4n) is 2.64. The van der Waals surface area contributed by atoms with Crippen LogP contribution in [0.15, 0.2) is 18.2 Å². The molecule has 1 saturated carbocycles. The summed E-state index contributed by atoms with van der Waals surface area (Å²) in [6.07, 6.45) is 5.25. The number of amides is 1. The molecule has 1 aliphatic carbocycles. The van der Waals surface area contributed by atoms with Gasteiger partial charge < -0.3 is 20.5 Å². The third kappa shape index (κ3) is 4.63. The number of carbonyl (C=O) groups excluding carboxylic acids is 1. The van der Waals surface area contributed by atoms with Crippen LogP contribution in [0.25, 0.3) is 0 Å². The van der Waals surface area contributed by atoms with E-state index in [1.54, 1.807) is 13.2 Å². The van der Waals surface area contributed by atoms with Crippen LogP contribution in [0.5, 0.6) is 11.5 Å². The van der Waals surface area contributed by atoms with Gasteiger partial charge in [0.25, 0.3) is 5.91 Å². The third-order valence-corrected chi connectivity index (χ3v) is 3.77. The highest BCUT2D eigenvalue weighted by Crippen LogP contribution is 2.25. The highest BCUT2D eigenvalue weighted by atomic mass is 16.5. The van der Waals surface area contributed by atoms with E-state index in [9.17, 15) is 4.79 Å². The topological polar surface area (TPSA) is 73.6 Å². The van der Waals surface area contributed by atoms with E-state index in [4.69, 9.17) is 15.2 Å². The van der Waals surface area contributed by atoms with Crippen molar-refractivity contribution in [2.75, 3.05) is 20.3 Å². The Kier molecular flexibility index (Phi) is 5.87. The van der Waals surface area contributed by atoms with Crippen molar-refractivity contribution < 1.29 is 14.3 Å². The predicted molar refractivity (Wildman–Crippen MR) is 81.6 cm³/mol. The highest BCUT2D eigenvalue weighted by molar-refractivity contribution is 5.77. The van der Waals surface area contributed by atoms with Gasteiger partial charge in [0.1, 0.15) is 11.5 Å². The van der Waals surface area contributed by atoms with Gasteiger partial charge in [-0.05, 0) is 37.4 Å². The maximum absolute atomic E-state index is 11.9. The molecule has 1 fully saturated rings. The average molecular weight is 292 g/mol. The summed E-state index contributed by atoms with van der Waals surface area (Å²) in [4.78, 5) is 11.9. The predicted octanol–water partition coefficient (Wildman–Crippen LogP) is 1.63. The van der Waals surface area contributed by atoms with E-state index in [0.717, 1.165) is 18.4 Å². The summed E-state index contributed by atoms with van der Waals surface area (Å²) in [5.41, 5.74) is 6.59. The zero-order valence-corrected chi connectivity index (χ0v) is 12.6. The van der Waals surface area contributed by atoms with Gasteiger partial charge in [0.2, 0.25) is 0 Å². The Morgan fingerprint density at radius 2 is 2.14 bits per heavy atom. The molecule has 1 aromatic rings. The van der Waals surface area contributed by atoms with Crippen molar-refractivity contribution in [1.82, 2.24) is 5.32 Å². The number of benzene rings is 1. The largest absolute Gasteiger partial charge is 0.497 e. The lowest BCUT2D eigenvalue weighted by molar-refractivity contribution is -0.123. The molecule has 0 heterocycles. The van der Waals surface area contributed by atoms with Gasteiger partial charge in [0, 0.05) is 12.1 Å². The Morgan fingerprint density at radius 3 is 2.81 bits per heavy atom. The van der Waals surface area contributed by atoms with Crippen molar-refractivity contribution in [1.29, 1.82) is 0 Å². The first-order chi connectivity index (χ1) is 10.2. The molecule has 3 N–H and O–H groups in total. The van der Waals surface area contributed by atoms with Gasteiger partial charge in [0.15, 0.2) is 6.61 Å². The molecule has 0 saturated heterocycles. The molecular weight excluding hydrogens is 268 g/mol. The Bertz CT molecular complexity index is 471. The van der Waals surface area contributed by atoms with Gasteiger partial charge in [-0.2, -0.15) is 0 Å². The van der Waals surface area contributed by atoms with Crippen molar-refractivity contribution in [3.05, 3.63) is 23.8 Å². The summed E-state index contributed by atoms with van der Waals surface area (Å²) in [6.45, 7) is 0.568.